The Labute approximate surface area is 118 Å². The third-order valence-corrected chi connectivity index (χ3v) is 3.69. The van der Waals surface area contributed by atoms with Gasteiger partial charge in [-0.25, -0.2) is 4.39 Å². The Bertz CT molecular complexity index is 568. The lowest BCUT2D eigenvalue weighted by molar-refractivity contribution is 0.609. The molecule has 0 amide bonds. The summed E-state index contributed by atoms with van der Waals surface area (Å²) in [5.74, 6) is -0.300. The van der Waals surface area contributed by atoms with Crippen LogP contribution in [0.5, 0.6) is 0 Å². The van der Waals surface area contributed by atoms with Gasteiger partial charge < -0.3 is 5.73 Å². The summed E-state index contributed by atoms with van der Waals surface area (Å²) in [6, 6.07) is 12.3. The van der Waals surface area contributed by atoms with E-state index in [2.05, 4.69) is 19.1 Å². The number of aryl methyl sites for hydroxylation is 2. The van der Waals surface area contributed by atoms with Gasteiger partial charge in [-0.2, -0.15) is 0 Å². The summed E-state index contributed by atoms with van der Waals surface area (Å²) in [6.07, 6.45) is 1.61. The molecular weight excluding hydrogens is 261 g/mol. The summed E-state index contributed by atoms with van der Waals surface area (Å²) >= 11 is 6.06. The molecule has 0 bridgehead atoms. The van der Waals surface area contributed by atoms with Crippen molar-refractivity contribution in [1.82, 2.24) is 0 Å². The molecule has 100 valence electrons. The average molecular weight is 278 g/mol. The molecule has 0 radical (unpaired) electrons. The number of halogens is 2. The second-order valence-electron chi connectivity index (χ2n) is 4.74. The first-order valence-corrected chi connectivity index (χ1v) is 6.71. The van der Waals surface area contributed by atoms with Gasteiger partial charge in [0, 0.05) is 11.1 Å². The number of hydrogen-bond acceptors (Lipinski definition) is 1. The predicted octanol–water partition coefficient (Wildman–Crippen LogP) is 4.42. The van der Waals surface area contributed by atoms with Crippen molar-refractivity contribution in [3.05, 3.63) is 70.0 Å². The van der Waals surface area contributed by atoms with E-state index in [1.54, 1.807) is 6.07 Å². The van der Waals surface area contributed by atoms with Crippen molar-refractivity contribution in [3.63, 3.8) is 0 Å². The number of rotatable bonds is 4. The first kappa shape index (κ1) is 14.0. The number of nitrogens with two attached hydrogens (primary N) is 1. The Morgan fingerprint density at radius 1 is 1.21 bits per heavy atom. The fraction of sp³-hybridized carbons (Fsp3) is 0.250. The molecule has 1 nitrogen and oxygen atoms in total. The van der Waals surface area contributed by atoms with Crippen LogP contribution in [0.15, 0.2) is 42.5 Å². The van der Waals surface area contributed by atoms with E-state index in [0.717, 1.165) is 12.8 Å². The molecule has 19 heavy (non-hydrogen) atoms. The van der Waals surface area contributed by atoms with E-state index in [4.69, 9.17) is 17.3 Å². The molecule has 0 aromatic heterocycles. The maximum absolute atomic E-state index is 13.2. The normalized spacial score (nSPS) is 12.4. The highest BCUT2D eigenvalue weighted by molar-refractivity contribution is 6.31. The van der Waals surface area contributed by atoms with Gasteiger partial charge in [0.2, 0.25) is 0 Å². The molecule has 1 atom stereocenters. The van der Waals surface area contributed by atoms with Crippen molar-refractivity contribution in [2.24, 2.45) is 5.73 Å². The Hall–Kier alpha value is -1.38. The summed E-state index contributed by atoms with van der Waals surface area (Å²) in [7, 11) is 0. The summed E-state index contributed by atoms with van der Waals surface area (Å²) in [5.41, 5.74) is 9.31. The first-order chi connectivity index (χ1) is 9.08. The highest BCUT2D eigenvalue weighted by Gasteiger charge is 2.12. The van der Waals surface area contributed by atoms with Gasteiger partial charge in [0.05, 0.1) is 0 Å². The molecule has 0 aliphatic heterocycles. The number of hydrogen-bond donors (Lipinski definition) is 1. The maximum Gasteiger partial charge on any atom is 0.123 e. The molecule has 0 aliphatic rings. The lowest BCUT2D eigenvalue weighted by atomic mass is 9.97. The zero-order chi connectivity index (χ0) is 13.8. The molecule has 2 aromatic carbocycles. The highest BCUT2D eigenvalue weighted by atomic mass is 35.5. The van der Waals surface area contributed by atoms with Crippen LogP contribution in [0.4, 0.5) is 4.39 Å². The van der Waals surface area contributed by atoms with Crippen LogP contribution in [0.2, 0.25) is 5.02 Å². The Balaban J connectivity index is 2.07. The van der Waals surface area contributed by atoms with E-state index < -0.39 is 0 Å². The van der Waals surface area contributed by atoms with Crippen molar-refractivity contribution in [1.29, 1.82) is 0 Å². The van der Waals surface area contributed by atoms with Crippen molar-refractivity contribution in [2.75, 3.05) is 0 Å². The van der Waals surface area contributed by atoms with Gasteiger partial charge >= 0.3 is 0 Å². The fourth-order valence-corrected chi connectivity index (χ4v) is 2.41. The SMILES string of the molecule is Cc1ccccc1CCC(N)c1cc(F)ccc1Cl. The monoisotopic (exact) mass is 277 g/mol. The van der Waals surface area contributed by atoms with E-state index in [1.165, 1.54) is 23.3 Å². The van der Waals surface area contributed by atoms with E-state index in [0.29, 0.717) is 10.6 Å². The van der Waals surface area contributed by atoms with Crippen molar-refractivity contribution < 1.29 is 4.39 Å². The van der Waals surface area contributed by atoms with Crippen molar-refractivity contribution in [2.45, 2.75) is 25.8 Å². The van der Waals surface area contributed by atoms with Crippen LogP contribution in [0, 0.1) is 12.7 Å². The van der Waals surface area contributed by atoms with Crippen LogP contribution >= 0.6 is 11.6 Å². The molecule has 0 saturated heterocycles. The average Bonchev–Trinajstić information content (AvgIpc) is 2.40. The van der Waals surface area contributed by atoms with Gasteiger partial charge in [-0.1, -0.05) is 35.9 Å². The molecule has 2 rings (SSSR count). The van der Waals surface area contributed by atoms with E-state index in [1.807, 2.05) is 12.1 Å². The molecule has 1 unspecified atom stereocenters. The van der Waals surface area contributed by atoms with Gasteiger partial charge in [-0.15, -0.1) is 0 Å². The lowest BCUT2D eigenvalue weighted by Gasteiger charge is -2.14. The molecule has 0 heterocycles. The van der Waals surface area contributed by atoms with Crippen molar-refractivity contribution >= 4 is 11.6 Å². The summed E-state index contributed by atoms with van der Waals surface area (Å²) < 4.78 is 13.2. The second kappa shape index (κ2) is 6.18. The van der Waals surface area contributed by atoms with E-state index in [-0.39, 0.29) is 11.9 Å². The van der Waals surface area contributed by atoms with Crippen LogP contribution in [0.25, 0.3) is 0 Å². The molecule has 0 spiro atoms. The molecule has 0 aliphatic carbocycles. The quantitative estimate of drug-likeness (QED) is 0.879. The van der Waals surface area contributed by atoms with Gasteiger partial charge in [0.25, 0.3) is 0 Å². The van der Waals surface area contributed by atoms with Crippen LogP contribution in [0.1, 0.15) is 29.2 Å². The number of benzene rings is 2. The van der Waals surface area contributed by atoms with Gasteiger partial charge in [0.15, 0.2) is 0 Å². The van der Waals surface area contributed by atoms with Gasteiger partial charge in [-0.05, 0) is 54.7 Å². The molecule has 0 saturated carbocycles. The third kappa shape index (κ3) is 3.55. The summed E-state index contributed by atoms with van der Waals surface area (Å²) in [4.78, 5) is 0. The standard InChI is InChI=1S/C16H17ClFN/c1-11-4-2-3-5-12(11)6-9-16(19)14-10-13(18)7-8-15(14)17/h2-5,7-8,10,16H,6,9,19H2,1H3. The Kier molecular flexibility index (Phi) is 4.56. The second-order valence-corrected chi connectivity index (χ2v) is 5.14. The predicted molar refractivity (Wildman–Crippen MR) is 77.8 cm³/mol. The lowest BCUT2D eigenvalue weighted by Crippen LogP contribution is -2.12. The summed E-state index contributed by atoms with van der Waals surface area (Å²) in [5, 5.41) is 0.527. The first-order valence-electron chi connectivity index (χ1n) is 6.33. The minimum Gasteiger partial charge on any atom is -0.324 e. The van der Waals surface area contributed by atoms with Crippen LogP contribution in [-0.2, 0) is 6.42 Å². The zero-order valence-corrected chi connectivity index (χ0v) is 11.6. The molecule has 2 N–H and O–H groups in total. The van der Waals surface area contributed by atoms with Gasteiger partial charge in [-0.3, -0.25) is 0 Å². The maximum atomic E-state index is 13.2. The zero-order valence-electron chi connectivity index (χ0n) is 10.9. The minimum atomic E-state index is -0.300. The minimum absolute atomic E-state index is 0.247. The Morgan fingerprint density at radius 2 is 1.95 bits per heavy atom. The van der Waals surface area contributed by atoms with Crippen molar-refractivity contribution in [3.8, 4) is 0 Å². The molecule has 0 fully saturated rings. The largest absolute Gasteiger partial charge is 0.324 e. The molecule has 3 heteroatoms. The highest BCUT2D eigenvalue weighted by Crippen LogP contribution is 2.26. The molecule has 2 aromatic rings. The van der Waals surface area contributed by atoms with E-state index in [9.17, 15) is 4.39 Å². The molecular formula is C16H17ClFN. The van der Waals surface area contributed by atoms with E-state index >= 15 is 0 Å². The summed E-state index contributed by atoms with van der Waals surface area (Å²) in [6.45, 7) is 2.08. The van der Waals surface area contributed by atoms with Crippen LogP contribution in [-0.4, -0.2) is 0 Å². The smallest absolute Gasteiger partial charge is 0.123 e. The van der Waals surface area contributed by atoms with Gasteiger partial charge in [0.1, 0.15) is 5.82 Å². The fourth-order valence-electron chi connectivity index (χ4n) is 2.16. The Morgan fingerprint density at radius 3 is 2.68 bits per heavy atom. The third-order valence-electron chi connectivity index (χ3n) is 3.34. The van der Waals surface area contributed by atoms with Crippen LogP contribution < -0.4 is 5.73 Å². The van der Waals surface area contributed by atoms with Crippen LogP contribution in [0.3, 0.4) is 0 Å². The topological polar surface area (TPSA) is 26.0 Å².